The quantitative estimate of drug-likeness (QED) is 0.490. The van der Waals surface area contributed by atoms with Crippen LogP contribution in [-0.2, 0) is 16.1 Å². The maximum Gasteiger partial charge on any atom is 0.235 e. The second-order valence-electron chi connectivity index (χ2n) is 7.78. The van der Waals surface area contributed by atoms with E-state index in [0.717, 1.165) is 0 Å². The number of halogens is 2. The summed E-state index contributed by atoms with van der Waals surface area (Å²) in [6.45, 7) is 4.49. The molecule has 0 spiro atoms. The Labute approximate surface area is 195 Å². The average molecular weight is 474 g/mol. The standard InChI is InChI=1S/C23H25F2N5O2S/c1-16(21(31)28(2)15-17-5-3-6-18(24)13-17)33-23-27-26-22(29-9-11-32-12-10-29)30(23)20-8-4-7-19(25)14-20/h3-8,13-14,16H,9-12,15H2,1-2H3/t16-/m1/s1. The number of anilines is 1. The predicted octanol–water partition coefficient (Wildman–Crippen LogP) is 3.52. The van der Waals surface area contributed by atoms with E-state index >= 15 is 0 Å². The third kappa shape index (κ3) is 5.51. The summed E-state index contributed by atoms with van der Waals surface area (Å²) in [5.41, 5.74) is 1.29. The average Bonchev–Trinajstić information content (AvgIpc) is 3.22. The summed E-state index contributed by atoms with van der Waals surface area (Å²) in [6.07, 6.45) is 0. The first kappa shape index (κ1) is 23.2. The second kappa shape index (κ2) is 10.3. The molecule has 33 heavy (non-hydrogen) atoms. The van der Waals surface area contributed by atoms with Crippen LogP contribution in [0, 0.1) is 11.6 Å². The number of amides is 1. The molecule has 174 valence electrons. The maximum atomic E-state index is 14.0. The van der Waals surface area contributed by atoms with Crippen LogP contribution in [-0.4, -0.2) is 64.2 Å². The van der Waals surface area contributed by atoms with Gasteiger partial charge in [0.05, 0.1) is 24.2 Å². The SMILES string of the molecule is C[C@@H](Sc1nnc(N2CCOCC2)n1-c1cccc(F)c1)C(=O)N(C)Cc1cccc(F)c1. The maximum absolute atomic E-state index is 14.0. The molecule has 4 rings (SSSR count). The van der Waals surface area contributed by atoms with E-state index in [1.165, 1.54) is 36.0 Å². The number of thioether (sulfide) groups is 1. The van der Waals surface area contributed by atoms with Gasteiger partial charge in [-0.3, -0.25) is 9.36 Å². The third-order valence-corrected chi connectivity index (χ3v) is 6.32. The first-order valence-electron chi connectivity index (χ1n) is 10.6. The van der Waals surface area contributed by atoms with Crippen molar-refractivity contribution in [2.24, 2.45) is 0 Å². The molecule has 1 saturated heterocycles. The molecule has 0 saturated carbocycles. The molecule has 0 radical (unpaired) electrons. The van der Waals surface area contributed by atoms with Crippen molar-refractivity contribution in [2.75, 3.05) is 38.3 Å². The van der Waals surface area contributed by atoms with E-state index in [0.29, 0.717) is 48.7 Å². The lowest BCUT2D eigenvalue weighted by molar-refractivity contribution is -0.129. The minimum absolute atomic E-state index is 0.133. The number of nitrogens with zero attached hydrogens (tertiary/aromatic N) is 5. The molecule has 1 aliphatic rings. The fourth-order valence-corrected chi connectivity index (χ4v) is 4.63. The van der Waals surface area contributed by atoms with Crippen LogP contribution in [0.3, 0.4) is 0 Å². The largest absolute Gasteiger partial charge is 0.378 e. The zero-order chi connectivity index (χ0) is 23.4. The number of carbonyl (C=O) groups is 1. The number of rotatable bonds is 7. The Bertz CT molecular complexity index is 1120. The number of hydrogen-bond donors (Lipinski definition) is 0. The van der Waals surface area contributed by atoms with E-state index in [9.17, 15) is 13.6 Å². The fraction of sp³-hybridized carbons (Fsp3) is 0.348. The lowest BCUT2D eigenvalue weighted by Gasteiger charge is -2.28. The summed E-state index contributed by atoms with van der Waals surface area (Å²) < 4.78 is 34.7. The van der Waals surface area contributed by atoms with E-state index in [1.807, 2.05) is 4.90 Å². The molecule has 1 aliphatic heterocycles. The zero-order valence-electron chi connectivity index (χ0n) is 18.4. The highest BCUT2D eigenvalue weighted by Crippen LogP contribution is 2.30. The van der Waals surface area contributed by atoms with Crippen LogP contribution < -0.4 is 4.90 Å². The molecular weight excluding hydrogens is 448 g/mol. The van der Waals surface area contributed by atoms with Crippen molar-refractivity contribution >= 4 is 23.6 Å². The Kier molecular flexibility index (Phi) is 7.24. The summed E-state index contributed by atoms with van der Waals surface area (Å²) in [5, 5.41) is 8.68. The first-order valence-corrected chi connectivity index (χ1v) is 11.5. The van der Waals surface area contributed by atoms with Crippen LogP contribution in [0.15, 0.2) is 53.7 Å². The molecule has 0 unspecified atom stereocenters. The molecule has 1 atom stereocenters. The molecule has 7 nitrogen and oxygen atoms in total. The zero-order valence-corrected chi connectivity index (χ0v) is 19.3. The highest BCUT2D eigenvalue weighted by Gasteiger charge is 2.26. The molecule has 0 bridgehead atoms. The lowest BCUT2D eigenvalue weighted by atomic mass is 10.2. The van der Waals surface area contributed by atoms with Gasteiger partial charge in [0.25, 0.3) is 0 Å². The Morgan fingerprint density at radius 2 is 1.82 bits per heavy atom. The fourth-order valence-electron chi connectivity index (χ4n) is 3.65. The van der Waals surface area contributed by atoms with Crippen LogP contribution in [0.25, 0.3) is 5.69 Å². The number of morpholine rings is 1. The Morgan fingerprint density at radius 3 is 2.52 bits per heavy atom. The van der Waals surface area contributed by atoms with Gasteiger partial charge in [0.2, 0.25) is 11.9 Å². The summed E-state index contributed by atoms with van der Waals surface area (Å²) in [6, 6.07) is 12.4. The highest BCUT2D eigenvalue weighted by atomic mass is 32.2. The van der Waals surface area contributed by atoms with Crippen LogP contribution in [0.5, 0.6) is 0 Å². The van der Waals surface area contributed by atoms with E-state index in [-0.39, 0.29) is 24.1 Å². The molecule has 1 amide bonds. The smallest absolute Gasteiger partial charge is 0.235 e. The van der Waals surface area contributed by atoms with Gasteiger partial charge >= 0.3 is 0 Å². The van der Waals surface area contributed by atoms with Gasteiger partial charge in [0.15, 0.2) is 5.16 Å². The molecule has 0 N–H and O–H groups in total. The summed E-state index contributed by atoms with van der Waals surface area (Å²) >= 11 is 1.25. The Morgan fingerprint density at radius 1 is 1.12 bits per heavy atom. The monoisotopic (exact) mass is 473 g/mol. The Hall–Kier alpha value is -2.98. The van der Waals surface area contributed by atoms with E-state index < -0.39 is 5.25 Å². The van der Waals surface area contributed by atoms with Gasteiger partial charge in [0, 0.05) is 26.7 Å². The van der Waals surface area contributed by atoms with Crippen molar-refractivity contribution in [3.8, 4) is 5.69 Å². The van der Waals surface area contributed by atoms with Crippen LogP contribution >= 0.6 is 11.8 Å². The summed E-state index contributed by atoms with van der Waals surface area (Å²) in [4.78, 5) is 16.6. The van der Waals surface area contributed by atoms with Gasteiger partial charge in [-0.15, -0.1) is 10.2 Å². The lowest BCUT2D eigenvalue weighted by Crippen LogP contribution is -2.38. The van der Waals surface area contributed by atoms with Gasteiger partial charge < -0.3 is 14.5 Å². The van der Waals surface area contributed by atoms with Crippen molar-refractivity contribution in [3.05, 3.63) is 65.7 Å². The summed E-state index contributed by atoms with van der Waals surface area (Å²) in [7, 11) is 1.68. The van der Waals surface area contributed by atoms with E-state index in [1.54, 1.807) is 47.7 Å². The highest BCUT2D eigenvalue weighted by molar-refractivity contribution is 8.00. The van der Waals surface area contributed by atoms with Gasteiger partial charge in [-0.25, -0.2) is 8.78 Å². The number of aromatic nitrogens is 3. The van der Waals surface area contributed by atoms with Crippen LogP contribution in [0.2, 0.25) is 0 Å². The molecule has 1 aromatic heterocycles. The molecule has 2 aromatic carbocycles. The molecule has 10 heteroatoms. The van der Waals surface area contributed by atoms with E-state index in [2.05, 4.69) is 10.2 Å². The minimum atomic E-state index is -0.488. The van der Waals surface area contributed by atoms with Crippen molar-refractivity contribution < 1.29 is 18.3 Å². The number of carbonyl (C=O) groups excluding carboxylic acids is 1. The van der Waals surface area contributed by atoms with Crippen LogP contribution in [0.1, 0.15) is 12.5 Å². The Balaban J connectivity index is 1.56. The molecular formula is C23H25F2N5O2S. The number of ether oxygens (including phenoxy) is 1. The molecule has 2 heterocycles. The van der Waals surface area contributed by atoms with Crippen molar-refractivity contribution in [1.82, 2.24) is 19.7 Å². The van der Waals surface area contributed by atoms with Crippen molar-refractivity contribution in [2.45, 2.75) is 23.9 Å². The van der Waals surface area contributed by atoms with Gasteiger partial charge in [-0.2, -0.15) is 0 Å². The predicted molar refractivity (Wildman–Crippen MR) is 123 cm³/mol. The minimum Gasteiger partial charge on any atom is -0.378 e. The van der Waals surface area contributed by atoms with Crippen molar-refractivity contribution in [3.63, 3.8) is 0 Å². The summed E-state index contributed by atoms with van der Waals surface area (Å²) in [5.74, 6) is -0.260. The normalized spacial score (nSPS) is 14.8. The molecule has 3 aromatic rings. The van der Waals surface area contributed by atoms with Gasteiger partial charge in [-0.05, 0) is 42.8 Å². The third-order valence-electron chi connectivity index (χ3n) is 5.29. The number of benzene rings is 2. The van der Waals surface area contributed by atoms with Crippen LogP contribution in [0.4, 0.5) is 14.7 Å². The van der Waals surface area contributed by atoms with Gasteiger partial charge in [-0.1, -0.05) is 30.0 Å². The second-order valence-corrected chi connectivity index (χ2v) is 9.09. The molecule has 1 fully saturated rings. The molecule has 0 aliphatic carbocycles. The number of hydrogen-bond acceptors (Lipinski definition) is 6. The topological polar surface area (TPSA) is 63.5 Å². The first-order chi connectivity index (χ1) is 15.9. The van der Waals surface area contributed by atoms with E-state index in [4.69, 9.17) is 4.74 Å². The van der Waals surface area contributed by atoms with Gasteiger partial charge in [0.1, 0.15) is 11.6 Å². The van der Waals surface area contributed by atoms with Crippen molar-refractivity contribution in [1.29, 1.82) is 0 Å².